The Hall–Kier alpha value is -2.76. The van der Waals surface area contributed by atoms with Crippen molar-refractivity contribution in [1.29, 1.82) is 0 Å². The molecule has 2 amide bonds. The van der Waals surface area contributed by atoms with Gasteiger partial charge in [-0.3, -0.25) is 9.59 Å². The van der Waals surface area contributed by atoms with E-state index in [1.807, 2.05) is 98.8 Å². The molecule has 0 heterocycles. The molecule has 184 valence electrons. The van der Waals surface area contributed by atoms with Gasteiger partial charge in [-0.1, -0.05) is 97.4 Å². The van der Waals surface area contributed by atoms with Crippen molar-refractivity contribution in [3.8, 4) is 0 Å². The number of nitrogens with zero attached hydrogens (tertiary/aromatic N) is 1. The topological polar surface area (TPSA) is 49.4 Å². The van der Waals surface area contributed by atoms with Crippen LogP contribution in [0.15, 0.2) is 84.9 Å². The van der Waals surface area contributed by atoms with Crippen LogP contribution < -0.4 is 5.32 Å². The smallest absolute Gasteiger partial charge is 0.243 e. The van der Waals surface area contributed by atoms with Gasteiger partial charge in [0, 0.05) is 29.8 Å². The Morgan fingerprint density at radius 1 is 0.914 bits per heavy atom. The Morgan fingerprint density at radius 2 is 1.51 bits per heavy atom. The first-order chi connectivity index (χ1) is 17.0. The van der Waals surface area contributed by atoms with E-state index in [1.54, 1.807) is 4.90 Å². The van der Waals surface area contributed by atoms with Crippen molar-refractivity contribution in [1.82, 2.24) is 10.2 Å². The van der Waals surface area contributed by atoms with Gasteiger partial charge >= 0.3 is 0 Å². The third-order valence-corrected chi connectivity index (χ3v) is 7.24. The van der Waals surface area contributed by atoms with Crippen molar-refractivity contribution in [3.63, 3.8) is 0 Å². The molecule has 1 N–H and O–H groups in total. The summed E-state index contributed by atoms with van der Waals surface area (Å²) in [6.45, 7) is 4.40. The second kappa shape index (κ2) is 14.0. The first-order valence-corrected chi connectivity index (χ1v) is 13.5. The molecule has 0 spiro atoms. The number of hydrogen-bond donors (Lipinski definition) is 1. The number of hydrogen-bond acceptors (Lipinski definition) is 3. The molecule has 0 saturated carbocycles. The molecule has 0 saturated heterocycles. The summed E-state index contributed by atoms with van der Waals surface area (Å²) < 4.78 is 0. The van der Waals surface area contributed by atoms with Gasteiger partial charge in [-0.05, 0) is 36.1 Å². The number of thioether (sulfide) groups is 1. The summed E-state index contributed by atoms with van der Waals surface area (Å²) >= 11 is 7.81. The van der Waals surface area contributed by atoms with Crippen LogP contribution in [-0.4, -0.2) is 34.6 Å². The summed E-state index contributed by atoms with van der Waals surface area (Å²) in [4.78, 5) is 28.8. The lowest BCUT2D eigenvalue weighted by atomic mass is 10.0. The van der Waals surface area contributed by atoms with Crippen LogP contribution in [0.4, 0.5) is 0 Å². The molecule has 0 aromatic heterocycles. The fraction of sp³-hybridized carbons (Fsp3) is 0.310. The van der Waals surface area contributed by atoms with Crippen LogP contribution in [-0.2, 0) is 28.3 Å². The van der Waals surface area contributed by atoms with E-state index >= 15 is 0 Å². The quantitative estimate of drug-likeness (QED) is 0.320. The second-order valence-electron chi connectivity index (χ2n) is 8.61. The fourth-order valence-corrected chi connectivity index (χ4v) is 4.92. The van der Waals surface area contributed by atoms with Crippen molar-refractivity contribution >= 4 is 35.2 Å². The monoisotopic (exact) mass is 508 g/mol. The maximum atomic E-state index is 13.6. The van der Waals surface area contributed by atoms with E-state index in [0.717, 1.165) is 23.1 Å². The van der Waals surface area contributed by atoms with E-state index in [4.69, 9.17) is 11.6 Å². The number of amides is 2. The molecular formula is C29H33ClN2O2S. The van der Waals surface area contributed by atoms with E-state index in [0.29, 0.717) is 23.7 Å². The number of carbonyl (C=O) groups excluding carboxylic acids is 2. The molecule has 3 aromatic rings. The van der Waals surface area contributed by atoms with Crippen LogP contribution in [0.2, 0.25) is 5.02 Å². The van der Waals surface area contributed by atoms with Crippen LogP contribution in [0.1, 0.15) is 37.0 Å². The molecule has 4 nitrogen and oxygen atoms in total. The van der Waals surface area contributed by atoms with Crippen LogP contribution in [0, 0.1) is 0 Å². The number of nitrogens with one attached hydrogen (secondary N) is 1. The SMILES string of the molecule is CC[C@H](C)NC(=O)[C@@H](Cc1ccccc1)N(Cc1ccccc1)C(=O)CSCc1ccccc1Cl. The minimum Gasteiger partial charge on any atom is -0.352 e. The molecule has 0 unspecified atom stereocenters. The van der Waals surface area contributed by atoms with E-state index in [9.17, 15) is 9.59 Å². The average molecular weight is 509 g/mol. The van der Waals surface area contributed by atoms with Crippen molar-refractivity contribution in [2.45, 2.75) is 51.1 Å². The van der Waals surface area contributed by atoms with Gasteiger partial charge in [-0.25, -0.2) is 0 Å². The van der Waals surface area contributed by atoms with Gasteiger partial charge in [0.25, 0.3) is 0 Å². The van der Waals surface area contributed by atoms with Gasteiger partial charge in [0.2, 0.25) is 11.8 Å². The first kappa shape index (κ1) is 26.8. The second-order valence-corrected chi connectivity index (χ2v) is 10.0. The zero-order chi connectivity index (χ0) is 25.0. The molecule has 0 radical (unpaired) electrons. The largest absolute Gasteiger partial charge is 0.352 e. The minimum atomic E-state index is -0.611. The molecule has 35 heavy (non-hydrogen) atoms. The molecule has 2 atom stereocenters. The Labute approximate surface area is 218 Å². The maximum absolute atomic E-state index is 13.6. The summed E-state index contributed by atoms with van der Waals surface area (Å²) in [5.41, 5.74) is 3.01. The molecule has 0 aliphatic heterocycles. The van der Waals surface area contributed by atoms with Crippen molar-refractivity contribution in [3.05, 3.63) is 107 Å². The van der Waals surface area contributed by atoms with Crippen LogP contribution in [0.3, 0.4) is 0 Å². The highest BCUT2D eigenvalue weighted by Crippen LogP contribution is 2.22. The zero-order valence-corrected chi connectivity index (χ0v) is 21.9. The highest BCUT2D eigenvalue weighted by atomic mass is 35.5. The summed E-state index contributed by atoms with van der Waals surface area (Å²) in [6.07, 6.45) is 1.28. The molecule has 3 rings (SSSR count). The Balaban J connectivity index is 1.84. The standard InChI is InChI=1S/C29H33ClN2O2S/c1-3-22(2)31-29(34)27(18-23-12-6-4-7-13-23)32(19-24-14-8-5-9-15-24)28(33)21-35-20-25-16-10-11-17-26(25)30/h4-17,22,27H,3,18-21H2,1-2H3,(H,31,34)/t22-,27+/m0/s1. The molecule has 0 fully saturated rings. The van der Waals surface area contributed by atoms with E-state index < -0.39 is 6.04 Å². The van der Waals surface area contributed by atoms with Gasteiger partial charge in [-0.15, -0.1) is 11.8 Å². The predicted molar refractivity (Wildman–Crippen MR) is 146 cm³/mol. The highest BCUT2D eigenvalue weighted by Gasteiger charge is 2.30. The fourth-order valence-electron chi connectivity index (χ4n) is 3.72. The summed E-state index contributed by atoms with van der Waals surface area (Å²) in [6, 6.07) is 26.8. The predicted octanol–water partition coefficient (Wildman–Crippen LogP) is 6.13. The zero-order valence-electron chi connectivity index (χ0n) is 20.3. The molecule has 0 bridgehead atoms. The highest BCUT2D eigenvalue weighted by molar-refractivity contribution is 7.99. The number of halogens is 1. The maximum Gasteiger partial charge on any atom is 0.243 e. The lowest BCUT2D eigenvalue weighted by molar-refractivity contribution is -0.139. The lowest BCUT2D eigenvalue weighted by Crippen LogP contribution is -2.52. The third kappa shape index (κ3) is 8.44. The van der Waals surface area contributed by atoms with E-state index in [-0.39, 0.29) is 23.6 Å². The summed E-state index contributed by atoms with van der Waals surface area (Å²) in [5.74, 6) is 0.710. The Bertz CT molecular complexity index is 1080. The van der Waals surface area contributed by atoms with Crippen molar-refractivity contribution in [2.75, 3.05) is 5.75 Å². The van der Waals surface area contributed by atoms with Crippen molar-refractivity contribution in [2.24, 2.45) is 0 Å². The molecule has 3 aromatic carbocycles. The number of rotatable bonds is 12. The lowest BCUT2D eigenvalue weighted by Gasteiger charge is -2.32. The minimum absolute atomic E-state index is 0.0315. The molecule has 6 heteroatoms. The van der Waals surface area contributed by atoms with Crippen LogP contribution in [0.25, 0.3) is 0 Å². The van der Waals surface area contributed by atoms with Crippen molar-refractivity contribution < 1.29 is 9.59 Å². The summed E-state index contributed by atoms with van der Waals surface area (Å²) in [5, 5.41) is 3.80. The molecule has 0 aliphatic carbocycles. The van der Waals surface area contributed by atoms with E-state index in [2.05, 4.69) is 5.32 Å². The van der Waals surface area contributed by atoms with Crippen LogP contribution in [0.5, 0.6) is 0 Å². The number of benzene rings is 3. The number of carbonyl (C=O) groups is 2. The average Bonchev–Trinajstić information content (AvgIpc) is 2.88. The van der Waals surface area contributed by atoms with Gasteiger partial charge in [0.05, 0.1) is 5.75 Å². The van der Waals surface area contributed by atoms with Gasteiger partial charge in [-0.2, -0.15) is 0 Å². The van der Waals surface area contributed by atoms with Gasteiger partial charge < -0.3 is 10.2 Å². The van der Waals surface area contributed by atoms with Gasteiger partial charge in [0.15, 0.2) is 0 Å². The molecule has 0 aliphatic rings. The van der Waals surface area contributed by atoms with Gasteiger partial charge in [0.1, 0.15) is 6.04 Å². The molecular weight excluding hydrogens is 476 g/mol. The third-order valence-electron chi connectivity index (χ3n) is 5.91. The normalized spacial score (nSPS) is 12.5. The van der Waals surface area contributed by atoms with Crippen LogP contribution >= 0.6 is 23.4 Å². The van der Waals surface area contributed by atoms with E-state index in [1.165, 1.54) is 11.8 Å². The first-order valence-electron chi connectivity index (χ1n) is 12.0. The Morgan fingerprint density at radius 3 is 2.14 bits per heavy atom. The Kier molecular flexibility index (Phi) is 10.7. The summed E-state index contributed by atoms with van der Waals surface area (Å²) in [7, 11) is 0.